The molecule has 0 unspecified atom stereocenters. The highest BCUT2D eigenvalue weighted by molar-refractivity contribution is 5.81. The van der Waals surface area contributed by atoms with Crippen LogP contribution in [0.3, 0.4) is 0 Å². The molecule has 8 nitrogen and oxygen atoms in total. The van der Waals surface area contributed by atoms with E-state index in [-0.39, 0.29) is 26.2 Å². The largest absolute Gasteiger partial charge is 0.461 e. The second-order valence-corrected chi connectivity index (χ2v) is 4.67. The second kappa shape index (κ2) is 8.16. The first kappa shape index (κ1) is 17.7. The third-order valence-electron chi connectivity index (χ3n) is 3.01. The lowest BCUT2D eigenvalue weighted by atomic mass is 10.4. The van der Waals surface area contributed by atoms with Gasteiger partial charge in [0.05, 0.1) is 6.54 Å². The Bertz CT molecular complexity index is 666. The van der Waals surface area contributed by atoms with Gasteiger partial charge in [0.1, 0.15) is 6.61 Å². The number of carbonyl (C=O) groups is 1. The Morgan fingerprint density at radius 1 is 0.955 bits per heavy atom. The monoisotopic (exact) mass is 311 g/mol. The predicted molar refractivity (Wildman–Crippen MR) is 81.0 cm³/mol. The minimum absolute atomic E-state index is 0.106. The average Bonchev–Trinajstić information content (AvgIpc) is 2.51. The summed E-state index contributed by atoms with van der Waals surface area (Å²) in [6.45, 7) is 7.13. The van der Waals surface area contributed by atoms with Gasteiger partial charge in [-0.05, 0) is 12.8 Å². The van der Waals surface area contributed by atoms with Crippen LogP contribution in [-0.2, 0) is 29.2 Å². The zero-order chi connectivity index (χ0) is 16.7. The molecule has 0 saturated heterocycles. The lowest BCUT2D eigenvalue weighted by Crippen LogP contribution is -2.54. The van der Waals surface area contributed by atoms with Gasteiger partial charge in [0, 0.05) is 19.2 Å². The lowest BCUT2D eigenvalue weighted by Gasteiger charge is -2.13. The average molecular weight is 311 g/mol. The molecule has 1 aromatic heterocycles. The first-order valence-corrected chi connectivity index (χ1v) is 7.21. The highest BCUT2D eigenvalue weighted by Crippen LogP contribution is 1.85. The molecule has 0 aliphatic carbocycles. The highest BCUT2D eigenvalue weighted by Gasteiger charge is 2.14. The van der Waals surface area contributed by atoms with Crippen LogP contribution in [0.1, 0.15) is 26.7 Å². The summed E-state index contributed by atoms with van der Waals surface area (Å²) in [5.41, 5.74) is -1.96. The molecule has 0 radical (unpaired) electrons. The molecule has 0 spiro atoms. The van der Waals surface area contributed by atoms with Crippen molar-refractivity contribution in [3.8, 4) is 0 Å². The normalized spacial score (nSPS) is 10.5. The number of esters is 1. The number of carbonyl (C=O) groups excluding carboxylic acids is 1. The van der Waals surface area contributed by atoms with E-state index in [1.165, 1.54) is 0 Å². The number of ether oxygens (including phenoxy) is 1. The molecule has 1 aromatic rings. The first-order valence-electron chi connectivity index (χ1n) is 7.21. The molecule has 0 aliphatic rings. The van der Waals surface area contributed by atoms with Gasteiger partial charge >= 0.3 is 23.0 Å². The molecule has 22 heavy (non-hydrogen) atoms. The third kappa shape index (κ3) is 3.84. The molecule has 0 fully saturated rings. The summed E-state index contributed by atoms with van der Waals surface area (Å²) in [4.78, 5) is 47.7. The summed E-state index contributed by atoms with van der Waals surface area (Å²) in [5.74, 6) is -0.635. The molecule has 0 aliphatic heterocycles. The Labute approximate surface area is 127 Å². The van der Waals surface area contributed by atoms with Crippen LogP contribution in [0.5, 0.6) is 0 Å². The predicted octanol–water partition coefficient (Wildman–Crippen LogP) is -0.279. The van der Waals surface area contributed by atoms with Crippen LogP contribution >= 0.6 is 0 Å². The maximum Gasteiger partial charge on any atom is 0.336 e. The van der Waals surface area contributed by atoms with Crippen molar-refractivity contribution in [1.82, 2.24) is 13.7 Å². The van der Waals surface area contributed by atoms with Crippen molar-refractivity contribution in [2.24, 2.45) is 0 Å². The smallest absolute Gasteiger partial charge is 0.336 e. The van der Waals surface area contributed by atoms with Gasteiger partial charge in [-0.15, -0.1) is 0 Å². The number of rotatable bonds is 8. The van der Waals surface area contributed by atoms with E-state index < -0.39 is 23.0 Å². The Balaban J connectivity index is 3.27. The fourth-order valence-electron chi connectivity index (χ4n) is 2.00. The highest BCUT2D eigenvalue weighted by atomic mass is 16.5. The van der Waals surface area contributed by atoms with Gasteiger partial charge in [0.15, 0.2) is 0 Å². The van der Waals surface area contributed by atoms with Crippen molar-refractivity contribution in [2.45, 2.75) is 46.3 Å². The number of aromatic nitrogens is 3. The summed E-state index contributed by atoms with van der Waals surface area (Å²) in [6.07, 6.45) is 2.17. The quantitative estimate of drug-likeness (QED) is 0.486. The molecule has 0 amide bonds. The topological polar surface area (TPSA) is 92.3 Å². The van der Waals surface area contributed by atoms with Crippen molar-refractivity contribution < 1.29 is 9.53 Å². The van der Waals surface area contributed by atoms with Gasteiger partial charge in [-0.2, -0.15) is 0 Å². The van der Waals surface area contributed by atoms with Crippen molar-refractivity contribution in [2.75, 3.05) is 6.61 Å². The van der Waals surface area contributed by atoms with Crippen LogP contribution in [0.4, 0.5) is 0 Å². The van der Waals surface area contributed by atoms with Crippen LogP contribution in [0, 0.1) is 0 Å². The zero-order valence-corrected chi connectivity index (χ0v) is 12.9. The van der Waals surface area contributed by atoms with E-state index >= 15 is 0 Å². The third-order valence-corrected chi connectivity index (χ3v) is 3.01. The van der Waals surface area contributed by atoms with Gasteiger partial charge < -0.3 is 4.74 Å². The van der Waals surface area contributed by atoms with Crippen molar-refractivity contribution in [3.63, 3.8) is 0 Å². The van der Waals surface area contributed by atoms with Gasteiger partial charge in [-0.3, -0.25) is 0 Å². The fourth-order valence-corrected chi connectivity index (χ4v) is 2.00. The van der Waals surface area contributed by atoms with Gasteiger partial charge in [-0.25, -0.2) is 32.9 Å². The molecular weight excluding hydrogens is 290 g/mol. The van der Waals surface area contributed by atoms with E-state index in [1.807, 2.05) is 13.8 Å². The van der Waals surface area contributed by atoms with Crippen LogP contribution in [-0.4, -0.2) is 26.3 Å². The zero-order valence-electron chi connectivity index (χ0n) is 12.9. The van der Waals surface area contributed by atoms with Crippen molar-refractivity contribution >= 4 is 5.97 Å². The van der Waals surface area contributed by atoms with Crippen LogP contribution in [0.25, 0.3) is 0 Å². The molecular formula is C14H21N3O5. The second-order valence-electron chi connectivity index (χ2n) is 4.67. The molecule has 0 atom stereocenters. The van der Waals surface area contributed by atoms with Crippen LogP contribution < -0.4 is 17.1 Å². The minimum Gasteiger partial charge on any atom is -0.461 e. The number of hydrogen-bond acceptors (Lipinski definition) is 5. The SMILES string of the molecule is C=CC(=O)OCCn1c(=O)n(CCC)c(=O)n(CCC)c1=O. The van der Waals surface area contributed by atoms with Gasteiger partial charge in [0.2, 0.25) is 0 Å². The van der Waals surface area contributed by atoms with E-state index in [0.29, 0.717) is 12.8 Å². The molecule has 8 heteroatoms. The number of hydrogen-bond donors (Lipinski definition) is 0. The van der Waals surface area contributed by atoms with Gasteiger partial charge in [-0.1, -0.05) is 20.4 Å². The Kier molecular flexibility index (Phi) is 6.55. The molecule has 122 valence electrons. The lowest BCUT2D eigenvalue weighted by molar-refractivity contribution is -0.138. The molecule has 1 rings (SSSR count). The summed E-state index contributed by atoms with van der Waals surface area (Å²) in [6, 6.07) is 0. The van der Waals surface area contributed by atoms with Crippen LogP contribution in [0.15, 0.2) is 27.0 Å². The summed E-state index contributed by atoms with van der Waals surface area (Å²) < 4.78 is 7.77. The van der Waals surface area contributed by atoms with E-state index in [4.69, 9.17) is 4.74 Å². The molecule has 1 heterocycles. The van der Waals surface area contributed by atoms with E-state index in [9.17, 15) is 19.2 Å². The molecule has 0 saturated carbocycles. The molecule has 0 N–H and O–H groups in total. The minimum atomic E-state index is -0.682. The summed E-state index contributed by atoms with van der Waals surface area (Å²) >= 11 is 0. The van der Waals surface area contributed by atoms with E-state index in [2.05, 4.69) is 6.58 Å². The first-order chi connectivity index (χ1) is 10.5. The Hall–Kier alpha value is -2.38. The van der Waals surface area contributed by atoms with Gasteiger partial charge in [0.25, 0.3) is 0 Å². The summed E-state index contributed by atoms with van der Waals surface area (Å²) in [7, 11) is 0. The molecule has 0 bridgehead atoms. The Morgan fingerprint density at radius 2 is 1.36 bits per heavy atom. The van der Waals surface area contributed by atoms with Crippen LogP contribution in [0.2, 0.25) is 0 Å². The fraction of sp³-hybridized carbons (Fsp3) is 0.571. The standard InChI is InChI=1S/C14H21N3O5/c1-4-7-15-12(19)16(8-5-2)14(21)17(13(15)20)9-10-22-11(18)6-3/h6H,3-5,7-10H2,1-2H3. The van der Waals surface area contributed by atoms with E-state index in [0.717, 1.165) is 19.8 Å². The van der Waals surface area contributed by atoms with E-state index in [1.54, 1.807) is 0 Å². The Morgan fingerprint density at radius 3 is 1.73 bits per heavy atom. The maximum absolute atomic E-state index is 12.3. The molecule has 0 aromatic carbocycles. The number of nitrogens with zero attached hydrogens (tertiary/aromatic N) is 3. The maximum atomic E-state index is 12.3. The van der Waals surface area contributed by atoms with Crippen molar-refractivity contribution in [1.29, 1.82) is 0 Å². The summed E-state index contributed by atoms with van der Waals surface area (Å²) in [5, 5.41) is 0. The van der Waals surface area contributed by atoms with Crippen molar-refractivity contribution in [3.05, 3.63) is 44.1 Å².